The Balaban J connectivity index is 1.74. The third-order valence-electron chi connectivity index (χ3n) is 3.98. The Bertz CT molecular complexity index is 467. The van der Waals surface area contributed by atoms with E-state index in [1.807, 2.05) is 12.1 Å². The lowest BCUT2D eigenvalue weighted by Gasteiger charge is -2.34. The van der Waals surface area contributed by atoms with Gasteiger partial charge in [0.2, 0.25) is 5.91 Å². The van der Waals surface area contributed by atoms with E-state index in [1.165, 1.54) is 5.56 Å². The standard InChI is InChI=1S/C17H27N3O/c1-14-5-4-6-16(11-14)12-17(21)18-15(2)13-20-9-7-19(3)8-10-20/h4-6,11,15H,7-10,12-13H2,1-3H3,(H,18,21). The number of amides is 1. The Kier molecular flexibility index (Phi) is 5.76. The molecule has 21 heavy (non-hydrogen) atoms. The van der Waals surface area contributed by atoms with Crippen LogP contribution in [0.4, 0.5) is 0 Å². The molecule has 1 aliphatic heterocycles. The molecule has 1 fully saturated rings. The topological polar surface area (TPSA) is 35.6 Å². The quantitative estimate of drug-likeness (QED) is 0.887. The summed E-state index contributed by atoms with van der Waals surface area (Å²) in [7, 11) is 2.16. The Morgan fingerprint density at radius 2 is 2.00 bits per heavy atom. The van der Waals surface area contributed by atoms with E-state index >= 15 is 0 Å². The normalized spacial score (nSPS) is 18.4. The number of likely N-dealkylation sites (N-methyl/N-ethyl adjacent to an activating group) is 1. The van der Waals surface area contributed by atoms with Crippen LogP contribution in [0, 0.1) is 6.92 Å². The summed E-state index contributed by atoms with van der Waals surface area (Å²) >= 11 is 0. The Hall–Kier alpha value is -1.39. The lowest BCUT2D eigenvalue weighted by atomic mass is 10.1. The van der Waals surface area contributed by atoms with Gasteiger partial charge in [0.15, 0.2) is 0 Å². The van der Waals surface area contributed by atoms with Crippen LogP contribution in [0.5, 0.6) is 0 Å². The summed E-state index contributed by atoms with van der Waals surface area (Å²) in [5, 5.41) is 3.11. The number of piperazine rings is 1. The molecule has 1 unspecified atom stereocenters. The highest BCUT2D eigenvalue weighted by atomic mass is 16.1. The van der Waals surface area contributed by atoms with Crippen LogP contribution in [-0.4, -0.2) is 61.5 Å². The van der Waals surface area contributed by atoms with E-state index in [0.717, 1.165) is 38.3 Å². The number of aryl methyl sites for hydroxylation is 1. The predicted molar refractivity (Wildman–Crippen MR) is 86.4 cm³/mol. The molecule has 0 aromatic heterocycles. The van der Waals surface area contributed by atoms with Crippen molar-refractivity contribution in [2.24, 2.45) is 0 Å². The molecule has 0 saturated carbocycles. The van der Waals surface area contributed by atoms with E-state index in [1.54, 1.807) is 0 Å². The zero-order chi connectivity index (χ0) is 15.2. The van der Waals surface area contributed by atoms with Crippen molar-refractivity contribution in [2.45, 2.75) is 26.3 Å². The maximum atomic E-state index is 12.1. The first-order valence-electron chi connectivity index (χ1n) is 7.79. The van der Waals surface area contributed by atoms with Crippen LogP contribution in [0.1, 0.15) is 18.1 Å². The van der Waals surface area contributed by atoms with Crippen molar-refractivity contribution in [3.8, 4) is 0 Å². The van der Waals surface area contributed by atoms with Gasteiger partial charge in [-0.15, -0.1) is 0 Å². The third-order valence-corrected chi connectivity index (χ3v) is 3.98. The van der Waals surface area contributed by atoms with E-state index in [0.29, 0.717) is 6.42 Å². The highest BCUT2D eigenvalue weighted by molar-refractivity contribution is 5.78. The number of nitrogens with one attached hydrogen (secondary N) is 1. The lowest BCUT2D eigenvalue weighted by Crippen LogP contribution is -2.49. The molecule has 0 spiro atoms. The summed E-state index contributed by atoms with van der Waals surface area (Å²) in [4.78, 5) is 16.9. The molecule has 0 radical (unpaired) electrons. The summed E-state index contributed by atoms with van der Waals surface area (Å²) in [5.41, 5.74) is 2.28. The van der Waals surface area contributed by atoms with Crippen molar-refractivity contribution in [3.63, 3.8) is 0 Å². The van der Waals surface area contributed by atoms with Gasteiger partial charge >= 0.3 is 0 Å². The van der Waals surface area contributed by atoms with Crippen molar-refractivity contribution < 1.29 is 4.79 Å². The van der Waals surface area contributed by atoms with Crippen LogP contribution in [0.15, 0.2) is 24.3 Å². The van der Waals surface area contributed by atoms with Gasteiger partial charge in [-0.2, -0.15) is 0 Å². The van der Waals surface area contributed by atoms with Gasteiger partial charge in [0.1, 0.15) is 0 Å². The van der Waals surface area contributed by atoms with E-state index in [9.17, 15) is 4.79 Å². The fraction of sp³-hybridized carbons (Fsp3) is 0.588. The first-order chi connectivity index (χ1) is 10.0. The van der Waals surface area contributed by atoms with Crippen molar-refractivity contribution in [2.75, 3.05) is 39.8 Å². The van der Waals surface area contributed by atoms with Crippen molar-refractivity contribution in [1.29, 1.82) is 0 Å². The average molecular weight is 289 g/mol. The van der Waals surface area contributed by atoms with Crippen molar-refractivity contribution in [3.05, 3.63) is 35.4 Å². The van der Waals surface area contributed by atoms with Crippen LogP contribution in [0.25, 0.3) is 0 Å². The van der Waals surface area contributed by atoms with Crippen LogP contribution in [-0.2, 0) is 11.2 Å². The molecule has 1 saturated heterocycles. The van der Waals surface area contributed by atoms with Crippen molar-refractivity contribution in [1.82, 2.24) is 15.1 Å². The zero-order valence-corrected chi connectivity index (χ0v) is 13.4. The third kappa shape index (κ3) is 5.48. The molecule has 0 bridgehead atoms. The summed E-state index contributed by atoms with van der Waals surface area (Å²) in [6.45, 7) is 9.49. The number of rotatable bonds is 5. The molecular weight excluding hydrogens is 262 g/mol. The average Bonchev–Trinajstić information content (AvgIpc) is 2.41. The van der Waals surface area contributed by atoms with Crippen LogP contribution < -0.4 is 5.32 Å². The lowest BCUT2D eigenvalue weighted by molar-refractivity contribution is -0.121. The van der Waals surface area contributed by atoms with Crippen molar-refractivity contribution >= 4 is 5.91 Å². The number of benzene rings is 1. The largest absolute Gasteiger partial charge is 0.352 e. The van der Waals surface area contributed by atoms with Crippen LogP contribution >= 0.6 is 0 Å². The molecule has 1 aromatic rings. The molecule has 1 aliphatic rings. The molecule has 4 nitrogen and oxygen atoms in total. The molecule has 1 heterocycles. The molecule has 2 rings (SSSR count). The van der Waals surface area contributed by atoms with E-state index in [-0.39, 0.29) is 11.9 Å². The summed E-state index contributed by atoms with van der Waals surface area (Å²) in [6.07, 6.45) is 0.467. The Morgan fingerprint density at radius 1 is 1.29 bits per heavy atom. The smallest absolute Gasteiger partial charge is 0.224 e. The molecule has 1 amide bonds. The summed E-state index contributed by atoms with van der Waals surface area (Å²) in [5.74, 6) is 0.113. The fourth-order valence-corrected chi connectivity index (χ4v) is 2.80. The fourth-order valence-electron chi connectivity index (χ4n) is 2.80. The monoisotopic (exact) mass is 289 g/mol. The number of hydrogen-bond acceptors (Lipinski definition) is 3. The van der Waals surface area contributed by atoms with E-state index in [4.69, 9.17) is 0 Å². The Labute approximate surface area is 128 Å². The number of carbonyl (C=O) groups excluding carboxylic acids is 1. The number of hydrogen-bond donors (Lipinski definition) is 1. The predicted octanol–water partition coefficient (Wildman–Crippen LogP) is 1.29. The highest BCUT2D eigenvalue weighted by Crippen LogP contribution is 2.05. The van der Waals surface area contributed by atoms with Gasteiger partial charge in [-0.3, -0.25) is 9.69 Å². The van der Waals surface area contributed by atoms with Gasteiger partial charge in [0, 0.05) is 38.8 Å². The van der Waals surface area contributed by atoms with Gasteiger partial charge < -0.3 is 10.2 Å². The second kappa shape index (κ2) is 7.57. The Morgan fingerprint density at radius 3 is 2.67 bits per heavy atom. The van der Waals surface area contributed by atoms with E-state index < -0.39 is 0 Å². The molecule has 116 valence electrons. The van der Waals surface area contributed by atoms with Gasteiger partial charge in [-0.25, -0.2) is 0 Å². The minimum atomic E-state index is 0.113. The summed E-state index contributed by atoms with van der Waals surface area (Å²) in [6, 6.07) is 8.34. The molecule has 1 atom stereocenters. The maximum Gasteiger partial charge on any atom is 0.224 e. The second-order valence-electron chi connectivity index (χ2n) is 6.24. The minimum Gasteiger partial charge on any atom is -0.352 e. The summed E-state index contributed by atoms with van der Waals surface area (Å²) < 4.78 is 0. The zero-order valence-electron chi connectivity index (χ0n) is 13.4. The van der Waals surface area contributed by atoms with E-state index in [2.05, 4.69) is 48.1 Å². The van der Waals surface area contributed by atoms with Gasteiger partial charge in [0.05, 0.1) is 6.42 Å². The van der Waals surface area contributed by atoms with Gasteiger partial charge in [0.25, 0.3) is 0 Å². The maximum absolute atomic E-state index is 12.1. The van der Waals surface area contributed by atoms with Crippen LogP contribution in [0.3, 0.4) is 0 Å². The molecular formula is C17H27N3O. The highest BCUT2D eigenvalue weighted by Gasteiger charge is 2.17. The minimum absolute atomic E-state index is 0.113. The number of carbonyl (C=O) groups is 1. The molecule has 1 N–H and O–H groups in total. The first kappa shape index (κ1) is 16.0. The van der Waals surface area contributed by atoms with Gasteiger partial charge in [-0.05, 0) is 26.5 Å². The first-order valence-corrected chi connectivity index (χ1v) is 7.79. The molecule has 4 heteroatoms. The second-order valence-corrected chi connectivity index (χ2v) is 6.24. The number of nitrogens with zero attached hydrogens (tertiary/aromatic N) is 2. The molecule has 1 aromatic carbocycles. The van der Waals surface area contributed by atoms with Crippen LogP contribution in [0.2, 0.25) is 0 Å². The SMILES string of the molecule is Cc1cccc(CC(=O)NC(C)CN2CCN(C)CC2)c1. The van der Waals surface area contributed by atoms with Gasteiger partial charge in [-0.1, -0.05) is 29.8 Å². The molecule has 0 aliphatic carbocycles.